The molecule has 2 rings (SSSR count). The maximum Gasteiger partial charge on any atom is 0.433 e. The minimum absolute atomic E-state index is 0.201. The number of nitrogens with one attached hydrogen (secondary N) is 1. The highest BCUT2D eigenvalue weighted by Crippen LogP contribution is 2.19. The lowest BCUT2D eigenvalue weighted by atomic mass is 10.1. The Labute approximate surface area is 131 Å². The second-order valence-electron chi connectivity index (χ2n) is 4.49. The van der Waals surface area contributed by atoms with Crippen molar-refractivity contribution in [2.24, 2.45) is 5.10 Å². The Kier molecular flexibility index (Phi) is 5.01. The van der Waals surface area contributed by atoms with Gasteiger partial charge in [-0.1, -0.05) is 0 Å². The zero-order chi connectivity index (χ0) is 16.8. The number of aromatic nitrogens is 1. The average molecular weight is 315 g/mol. The van der Waals surface area contributed by atoms with Crippen LogP contribution in [-0.2, 0) is 11.3 Å². The Balaban J connectivity index is 2.20. The zero-order valence-corrected chi connectivity index (χ0v) is 12.4. The van der Waals surface area contributed by atoms with Crippen molar-refractivity contribution in [3.63, 3.8) is 0 Å². The molecule has 0 aromatic carbocycles. The van der Waals surface area contributed by atoms with Crippen LogP contribution in [0.5, 0.6) is 0 Å². The van der Waals surface area contributed by atoms with Crippen molar-refractivity contribution in [2.45, 2.75) is 13.5 Å². The third-order valence-electron chi connectivity index (χ3n) is 2.80. The van der Waals surface area contributed by atoms with Gasteiger partial charge in [-0.2, -0.15) is 10.4 Å². The number of hydrogen-bond acceptors (Lipinski definition) is 8. The van der Waals surface area contributed by atoms with E-state index in [0.29, 0.717) is 16.8 Å². The van der Waals surface area contributed by atoms with E-state index in [0.717, 1.165) is 0 Å². The van der Waals surface area contributed by atoms with Crippen LogP contribution in [0.3, 0.4) is 0 Å². The quantitative estimate of drug-likeness (QED) is 0.492. The molecular formula is C14H13N5O4. The summed E-state index contributed by atoms with van der Waals surface area (Å²) in [5, 5.41) is 23.7. The molecule has 0 aliphatic carbocycles. The number of pyridine rings is 1. The van der Waals surface area contributed by atoms with Crippen LogP contribution in [0.15, 0.2) is 27.7 Å². The number of nitrogens with zero attached hydrogens (tertiary/aromatic N) is 4. The number of rotatable bonds is 6. The summed E-state index contributed by atoms with van der Waals surface area (Å²) in [5.74, 6) is 0.101. The van der Waals surface area contributed by atoms with E-state index in [1.165, 1.54) is 25.5 Å². The first kappa shape index (κ1) is 16.1. The monoisotopic (exact) mass is 315 g/mol. The summed E-state index contributed by atoms with van der Waals surface area (Å²) in [6.07, 6.45) is 1.26. The van der Waals surface area contributed by atoms with E-state index < -0.39 is 4.92 Å². The highest BCUT2D eigenvalue weighted by molar-refractivity contribution is 5.77. The number of hydrazone groups is 1. The Morgan fingerprint density at radius 2 is 2.39 bits per heavy atom. The minimum Gasteiger partial charge on any atom is -0.400 e. The van der Waals surface area contributed by atoms with E-state index in [1.54, 1.807) is 13.0 Å². The fourth-order valence-electron chi connectivity index (χ4n) is 1.88. The van der Waals surface area contributed by atoms with Crippen LogP contribution in [0.1, 0.15) is 22.6 Å². The molecule has 0 atom stereocenters. The molecule has 0 saturated carbocycles. The van der Waals surface area contributed by atoms with E-state index in [-0.39, 0.29) is 24.1 Å². The smallest absolute Gasteiger partial charge is 0.400 e. The van der Waals surface area contributed by atoms with Gasteiger partial charge < -0.3 is 9.15 Å². The molecule has 2 aromatic rings. The predicted octanol–water partition coefficient (Wildman–Crippen LogP) is 2.36. The van der Waals surface area contributed by atoms with Gasteiger partial charge in [0.1, 0.15) is 16.6 Å². The van der Waals surface area contributed by atoms with Gasteiger partial charge in [-0.05, 0) is 19.1 Å². The Hall–Kier alpha value is -3.25. The van der Waals surface area contributed by atoms with Gasteiger partial charge in [0.05, 0.1) is 18.9 Å². The van der Waals surface area contributed by atoms with Gasteiger partial charge in [0.25, 0.3) is 0 Å². The SMILES string of the molecule is COCc1cc(C)nc(N/N=C\c2ccc([N+](=O)[O-])o2)c1C#N. The molecule has 9 nitrogen and oxygen atoms in total. The minimum atomic E-state index is -0.641. The van der Waals surface area contributed by atoms with Crippen molar-refractivity contribution in [3.05, 3.63) is 50.9 Å². The molecule has 1 N–H and O–H groups in total. The standard InChI is InChI=1S/C14H13N5O4/c1-9-5-10(8-22-2)12(6-15)14(17-9)18-16-7-11-3-4-13(23-11)19(20)21/h3-5,7H,8H2,1-2H3,(H,17,18)/b16-7-. The summed E-state index contributed by atoms with van der Waals surface area (Å²) in [6.45, 7) is 2.06. The normalized spacial score (nSPS) is 10.7. The number of anilines is 1. The van der Waals surface area contributed by atoms with Crippen LogP contribution in [0.2, 0.25) is 0 Å². The summed E-state index contributed by atoms with van der Waals surface area (Å²) in [4.78, 5) is 14.1. The van der Waals surface area contributed by atoms with E-state index in [2.05, 4.69) is 21.6 Å². The summed E-state index contributed by atoms with van der Waals surface area (Å²) >= 11 is 0. The van der Waals surface area contributed by atoms with E-state index >= 15 is 0 Å². The van der Waals surface area contributed by atoms with Crippen molar-refractivity contribution in [2.75, 3.05) is 12.5 Å². The number of nitro groups is 1. The third kappa shape index (κ3) is 3.90. The van der Waals surface area contributed by atoms with Gasteiger partial charge >= 0.3 is 5.88 Å². The lowest BCUT2D eigenvalue weighted by molar-refractivity contribution is -0.402. The molecular weight excluding hydrogens is 302 g/mol. The Morgan fingerprint density at radius 3 is 3.00 bits per heavy atom. The van der Waals surface area contributed by atoms with Crippen molar-refractivity contribution in [3.8, 4) is 6.07 Å². The molecule has 0 spiro atoms. The average Bonchev–Trinajstić information content (AvgIpc) is 2.96. The predicted molar refractivity (Wildman–Crippen MR) is 81.0 cm³/mol. The maximum absolute atomic E-state index is 10.5. The number of aryl methyl sites for hydroxylation is 1. The number of hydrogen-bond donors (Lipinski definition) is 1. The lowest BCUT2D eigenvalue weighted by Crippen LogP contribution is -2.03. The van der Waals surface area contributed by atoms with Gasteiger partial charge in [-0.3, -0.25) is 15.5 Å². The molecule has 23 heavy (non-hydrogen) atoms. The third-order valence-corrected chi connectivity index (χ3v) is 2.80. The van der Waals surface area contributed by atoms with Crippen LogP contribution in [0.4, 0.5) is 11.7 Å². The largest absolute Gasteiger partial charge is 0.433 e. The molecule has 118 valence electrons. The second kappa shape index (κ2) is 7.15. The molecule has 0 aliphatic heterocycles. The van der Waals surface area contributed by atoms with E-state index in [4.69, 9.17) is 9.15 Å². The number of methoxy groups -OCH3 is 1. The van der Waals surface area contributed by atoms with E-state index in [9.17, 15) is 15.4 Å². The van der Waals surface area contributed by atoms with Gasteiger partial charge in [0, 0.05) is 18.4 Å². The van der Waals surface area contributed by atoms with Gasteiger partial charge in [0.15, 0.2) is 11.6 Å². The van der Waals surface area contributed by atoms with Gasteiger partial charge in [-0.25, -0.2) is 4.98 Å². The second-order valence-corrected chi connectivity index (χ2v) is 4.49. The summed E-state index contributed by atoms with van der Waals surface area (Å²) in [7, 11) is 1.53. The topological polar surface area (TPSA) is 127 Å². The number of nitriles is 1. The van der Waals surface area contributed by atoms with Crippen LogP contribution < -0.4 is 5.43 Å². The number of furan rings is 1. The lowest BCUT2D eigenvalue weighted by Gasteiger charge is -2.08. The van der Waals surface area contributed by atoms with E-state index in [1.807, 2.05) is 0 Å². The highest BCUT2D eigenvalue weighted by atomic mass is 16.6. The highest BCUT2D eigenvalue weighted by Gasteiger charge is 2.12. The maximum atomic E-state index is 10.5. The first-order chi connectivity index (χ1) is 11.0. The molecule has 0 amide bonds. The molecule has 0 bridgehead atoms. The van der Waals surface area contributed by atoms with Crippen molar-refractivity contribution >= 4 is 17.9 Å². The summed E-state index contributed by atoms with van der Waals surface area (Å²) < 4.78 is 9.99. The summed E-state index contributed by atoms with van der Waals surface area (Å²) in [5.41, 5.74) is 4.35. The first-order valence-electron chi connectivity index (χ1n) is 6.48. The van der Waals surface area contributed by atoms with Crippen molar-refractivity contribution in [1.82, 2.24) is 4.98 Å². The molecule has 2 aromatic heterocycles. The molecule has 0 aliphatic rings. The fourth-order valence-corrected chi connectivity index (χ4v) is 1.88. The molecule has 0 unspecified atom stereocenters. The molecule has 9 heteroatoms. The molecule has 0 fully saturated rings. The molecule has 0 saturated heterocycles. The van der Waals surface area contributed by atoms with Crippen LogP contribution in [0, 0.1) is 28.4 Å². The summed E-state index contributed by atoms with van der Waals surface area (Å²) in [6, 6.07) is 6.45. The van der Waals surface area contributed by atoms with Crippen LogP contribution in [0.25, 0.3) is 0 Å². The first-order valence-corrected chi connectivity index (χ1v) is 6.48. The Bertz CT molecular complexity index is 791. The fraction of sp³-hybridized carbons (Fsp3) is 0.214. The Morgan fingerprint density at radius 1 is 1.61 bits per heavy atom. The van der Waals surface area contributed by atoms with Gasteiger partial charge in [0.2, 0.25) is 0 Å². The zero-order valence-electron chi connectivity index (χ0n) is 12.4. The molecule has 0 radical (unpaired) electrons. The van der Waals surface area contributed by atoms with Crippen LogP contribution in [-0.4, -0.2) is 23.2 Å². The van der Waals surface area contributed by atoms with Gasteiger partial charge in [-0.15, -0.1) is 0 Å². The van der Waals surface area contributed by atoms with Crippen molar-refractivity contribution < 1.29 is 14.1 Å². The molecule has 2 heterocycles. The van der Waals surface area contributed by atoms with Crippen LogP contribution >= 0.6 is 0 Å². The van der Waals surface area contributed by atoms with Crippen molar-refractivity contribution in [1.29, 1.82) is 5.26 Å². The number of ether oxygens (including phenoxy) is 1.